The van der Waals surface area contributed by atoms with E-state index in [0.29, 0.717) is 12.1 Å². The molecule has 1 fully saturated rings. The van der Waals surface area contributed by atoms with E-state index in [1.165, 1.54) is 29.5 Å². The molecule has 2 heterocycles. The highest BCUT2D eigenvalue weighted by molar-refractivity contribution is 9.10. The Morgan fingerprint density at radius 3 is 2.84 bits per heavy atom. The van der Waals surface area contributed by atoms with Gasteiger partial charge in [0.1, 0.15) is 0 Å². The van der Waals surface area contributed by atoms with E-state index in [4.69, 9.17) is 0 Å². The van der Waals surface area contributed by atoms with Gasteiger partial charge in [-0.05, 0) is 67.0 Å². The molecular weight excluding hydrogens is 322 g/mol. The fourth-order valence-electron chi connectivity index (χ4n) is 2.85. The molecule has 19 heavy (non-hydrogen) atoms. The van der Waals surface area contributed by atoms with Crippen LogP contribution < -0.4 is 5.32 Å². The Morgan fingerprint density at radius 1 is 1.42 bits per heavy atom. The fourth-order valence-corrected chi connectivity index (χ4v) is 4.43. The lowest BCUT2D eigenvalue weighted by molar-refractivity contribution is 0.179. The average molecular weight is 346 g/mol. The van der Waals surface area contributed by atoms with Crippen LogP contribution in [0.1, 0.15) is 24.9 Å². The summed E-state index contributed by atoms with van der Waals surface area (Å²) in [4.78, 5) is 4.97. The third-order valence-electron chi connectivity index (χ3n) is 3.90. The molecule has 2 rings (SSSR count). The maximum Gasteiger partial charge on any atom is 0.0510 e. The summed E-state index contributed by atoms with van der Waals surface area (Å²) < 4.78 is 1.24. The van der Waals surface area contributed by atoms with Gasteiger partial charge in [-0.2, -0.15) is 11.3 Å². The summed E-state index contributed by atoms with van der Waals surface area (Å²) in [5.74, 6) is 0. The number of thiophene rings is 1. The molecule has 0 aromatic carbocycles. The van der Waals surface area contributed by atoms with Crippen LogP contribution in [0.25, 0.3) is 0 Å². The van der Waals surface area contributed by atoms with E-state index in [0.717, 1.165) is 13.1 Å². The lowest BCUT2D eigenvalue weighted by Crippen LogP contribution is -2.47. The maximum atomic E-state index is 3.70. The second kappa shape index (κ2) is 7.18. The van der Waals surface area contributed by atoms with Crippen molar-refractivity contribution in [3.8, 4) is 0 Å². The molecule has 0 amide bonds. The minimum Gasteiger partial charge on any atom is -0.309 e. The minimum atomic E-state index is 0.399. The number of likely N-dealkylation sites (N-methyl/N-ethyl adjacent to an activating group) is 3. The van der Waals surface area contributed by atoms with Crippen LogP contribution >= 0.6 is 27.3 Å². The van der Waals surface area contributed by atoms with Crippen molar-refractivity contribution in [3.05, 3.63) is 20.8 Å². The fraction of sp³-hybridized carbons (Fsp3) is 0.714. The Labute approximate surface area is 129 Å². The van der Waals surface area contributed by atoms with E-state index in [2.05, 4.69) is 62.8 Å². The van der Waals surface area contributed by atoms with E-state index in [1.807, 2.05) is 0 Å². The molecule has 0 aliphatic carbocycles. The summed E-state index contributed by atoms with van der Waals surface area (Å²) in [7, 11) is 4.49. The highest BCUT2D eigenvalue weighted by Crippen LogP contribution is 2.31. The third-order valence-corrected chi connectivity index (χ3v) is 5.65. The quantitative estimate of drug-likeness (QED) is 0.905. The molecule has 1 saturated heterocycles. The Hall–Kier alpha value is 0.0600. The molecule has 108 valence electrons. The van der Waals surface area contributed by atoms with Gasteiger partial charge in [0.15, 0.2) is 0 Å². The van der Waals surface area contributed by atoms with Crippen LogP contribution in [0.2, 0.25) is 0 Å². The van der Waals surface area contributed by atoms with Crippen LogP contribution in [0.3, 0.4) is 0 Å². The molecule has 1 aliphatic rings. The number of hydrogen-bond donors (Lipinski definition) is 1. The standard InChI is InChI=1S/C14H24BrN3S/c1-4-16-14(11-9-19-10-12(11)15)13-8-17(2)6-5-7-18(13)3/h9-10,13-14,16H,4-8H2,1-3H3. The zero-order valence-corrected chi connectivity index (χ0v) is 14.4. The van der Waals surface area contributed by atoms with Gasteiger partial charge >= 0.3 is 0 Å². The summed E-state index contributed by atoms with van der Waals surface area (Å²) >= 11 is 5.47. The summed E-state index contributed by atoms with van der Waals surface area (Å²) in [6.45, 7) is 6.69. The first-order valence-corrected chi connectivity index (χ1v) is 8.70. The van der Waals surface area contributed by atoms with Crippen molar-refractivity contribution in [2.45, 2.75) is 25.4 Å². The number of nitrogens with one attached hydrogen (secondary N) is 1. The van der Waals surface area contributed by atoms with Gasteiger partial charge in [-0.25, -0.2) is 0 Å². The number of nitrogens with zero attached hydrogens (tertiary/aromatic N) is 2. The predicted molar refractivity (Wildman–Crippen MR) is 87.0 cm³/mol. The first-order chi connectivity index (χ1) is 9.13. The van der Waals surface area contributed by atoms with Crippen molar-refractivity contribution in [1.29, 1.82) is 0 Å². The monoisotopic (exact) mass is 345 g/mol. The highest BCUT2D eigenvalue weighted by Gasteiger charge is 2.30. The van der Waals surface area contributed by atoms with Gasteiger partial charge < -0.3 is 15.1 Å². The Morgan fingerprint density at radius 2 is 2.21 bits per heavy atom. The molecule has 0 spiro atoms. The van der Waals surface area contributed by atoms with Crippen LogP contribution in [-0.4, -0.2) is 56.1 Å². The lowest BCUT2D eigenvalue weighted by Gasteiger charge is -2.35. The minimum absolute atomic E-state index is 0.399. The Balaban J connectivity index is 2.23. The molecule has 1 aliphatic heterocycles. The van der Waals surface area contributed by atoms with Crippen LogP contribution in [0.5, 0.6) is 0 Å². The normalized spacial score (nSPS) is 24.3. The largest absolute Gasteiger partial charge is 0.309 e. The molecule has 5 heteroatoms. The number of rotatable bonds is 4. The van der Waals surface area contributed by atoms with Crippen molar-refractivity contribution >= 4 is 27.3 Å². The van der Waals surface area contributed by atoms with Gasteiger partial charge in [0, 0.05) is 22.4 Å². The second-order valence-corrected chi connectivity index (χ2v) is 6.97. The molecule has 1 aromatic rings. The molecule has 3 nitrogen and oxygen atoms in total. The van der Waals surface area contributed by atoms with E-state index >= 15 is 0 Å². The zero-order chi connectivity index (χ0) is 13.8. The van der Waals surface area contributed by atoms with Crippen molar-refractivity contribution < 1.29 is 0 Å². The Bertz CT molecular complexity index is 396. The molecule has 0 saturated carbocycles. The van der Waals surface area contributed by atoms with Gasteiger partial charge in [0.2, 0.25) is 0 Å². The van der Waals surface area contributed by atoms with Gasteiger partial charge in [0.05, 0.1) is 6.04 Å². The van der Waals surface area contributed by atoms with Crippen molar-refractivity contribution in [2.75, 3.05) is 40.3 Å². The third kappa shape index (κ3) is 3.79. The van der Waals surface area contributed by atoms with Crippen LogP contribution in [0.4, 0.5) is 0 Å². The molecule has 1 aromatic heterocycles. The van der Waals surface area contributed by atoms with Gasteiger partial charge in [0.25, 0.3) is 0 Å². The molecule has 0 bridgehead atoms. The number of halogens is 1. The van der Waals surface area contributed by atoms with E-state index in [-0.39, 0.29) is 0 Å². The molecule has 0 radical (unpaired) electrons. The zero-order valence-electron chi connectivity index (χ0n) is 12.0. The average Bonchev–Trinajstić information content (AvgIpc) is 2.71. The maximum absolute atomic E-state index is 3.70. The van der Waals surface area contributed by atoms with Gasteiger partial charge in [-0.3, -0.25) is 0 Å². The van der Waals surface area contributed by atoms with Crippen molar-refractivity contribution in [1.82, 2.24) is 15.1 Å². The summed E-state index contributed by atoms with van der Waals surface area (Å²) in [6.07, 6.45) is 1.26. The van der Waals surface area contributed by atoms with Gasteiger partial charge in [-0.1, -0.05) is 6.92 Å². The van der Waals surface area contributed by atoms with E-state index in [9.17, 15) is 0 Å². The smallest absolute Gasteiger partial charge is 0.0510 e. The highest BCUT2D eigenvalue weighted by atomic mass is 79.9. The SMILES string of the molecule is CCNC(c1cscc1Br)C1CN(C)CCCN1C. The molecular formula is C14H24BrN3S. The van der Waals surface area contributed by atoms with Crippen LogP contribution in [0, 0.1) is 0 Å². The summed E-state index contributed by atoms with van der Waals surface area (Å²) in [5.41, 5.74) is 1.40. The Kier molecular flexibility index (Phi) is 5.84. The van der Waals surface area contributed by atoms with Crippen LogP contribution in [-0.2, 0) is 0 Å². The lowest BCUT2D eigenvalue weighted by atomic mass is 10.0. The predicted octanol–water partition coefficient (Wildman–Crippen LogP) is 2.80. The van der Waals surface area contributed by atoms with E-state index < -0.39 is 0 Å². The summed E-state index contributed by atoms with van der Waals surface area (Å²) in [5, 5.41) is 8.14. The molecule has 1 N–H and O–H groups in total. The van der Waals surface area contributed by atoms with Gasteiger partial charge in [-0.15, -0.1) is 0 Å². The molecule has 2 unspecified atom stereocenters. The topological polar surface area (TPSA) is 18.5 Å². The van der Waals surface area contributed by atoms with E-state index in [1.54, 1.807) is 11.3 Å². The van der Waals surface area contributed by atoms with Crippen molar-refractivity contribution in [2.24, 2.45) is 0 Å². The molecule has 2 atom stereocenters. The first kappa shape index (κ1) is 15.4. The first-order valence-electron chi connectivity index (χ1n) is 6.97. The summed E-state index contributed by atoms with van der Waals surface area (Å²) in [6, 6.07) is 0.925. The van der Waals surface area contributed by atoms with Crippen molar-refractivity contribution in [3.63, 3.8) is 0 Å². The second-order valence-electron chi connectivity index (χ2n) is 5.37. The number of hydrogen-bond acceptors (Lipinski definition) is 4. The van der Waals surface area contributed by atoms with Crippen LogP contribution in [0.15, 0.2) is 15.2 Å².